The van der Waals surface area contributed by atoms with Crippen molar-refractivity contribution >= 4 is 5.82 Å². The van der Waals surface area contributed by atoms with E-state index in [2.05, 4.69) is 42.9 Å². The molecule has 120 valence electrons. The van der Waals surface area contributed by atoms with E-state index in [1.54, 1.807) is 6.07 Å². The first kappa shape index (κ1) is 17.9. The van der Waals surface area contributed by atoms with Crippen molar-refractivity contribution in [3.8, 4) is 0 Å². The number of unbranched alkanes of at least 4 members (excludes halogenated alkanes) is 2. The number of pyridine rings is 1. The quantitative estimate of drug-likeness (QED) is 0.703. The Morgan fingerprint density at radius 1 is 1.19 bits per heavy atom. The van der Waals surface area contributed by atoms with Crippen LogP contribution in [0.25, 0.3) is 0 Å². The molecule has 0 saturated carbocycles. The number of hydrogen-bond donors (Lipinski definition) is 1. The zero-order valence-electron chi connectivity index (χ0n) is 14.0. The molecule has 0 fully saturated rings. The number of halogens is 1. The molecule has 0 aliphatic carbocycles. The minimum absolute atomic E-state index is 0.259. The number of hydrogen-bond acceptors (Lipinski definition) is 3. The molecule has 0 aromatic carbocycles. The fraction of sp³-hybridized carbons (Fsp3) is 0.706. The molecule has 0 radical (unpaired) electrons. The SMILES string of the molecule is CCCCN(CCCC)c1ncc(F)cc1CNC(C)C. The van der Waals surface area contributed by atoms with Gasteiger partial charge < -0.3 is 10.2 Å². The summed E-state index contributed by atoms with van der Waals surface area (Å²) in [5.74, 6) is 0.677. The third-order valence-corrected chi connectivity index (χ3v) is 3.47. The summed E-state index contributed by atoms with van der Waals surface area (Å²) in [5.41, 5.74) is 0.955. The molecule has 0 saturated heterocycles. The molecule has 0 atom stereocenters. The summed E-state index contributed by atoms with van der Waals surface area (Å²) in [6.45, 7) is 11.2. The van der Waals surface area contributed by atoms with Crippen molar-refractivity contribution in [1.29, 1.82) is 0 Å². The van der Waals surface area contributed by atoms with Gasteiger partial charge >= 0.3 is 0 Å². The molecule has 1 N–H and O–H groups in total. The predicted octanol–water partition coefficient (Wildman–Crippen LogP) is 4.13. The third kappa shape index (κ3) is 6.42. The topological polar surface area (TPSA) is 28.2 Å². The van der Waals surface area contributed by atoms with Gasteiger partial charge in [-0.15, -0.1) is 0 Å². The minimum atomic E-state index is -0.259. The average molecular weight is 295 g/mol. The van der Waals surface area contributed by atoms with E-state index >= 15 is 0 Å². The Balaban J connectivity index is 2.92. The summed E-state index contributed by atoms with van der Waals surface area (Å²) >= 11 is 0. The Hall–Kier alpha value is -1.16. The summed E-state index contributed by atoms with van der Waals surface area (Å²) < 4.78 is 13.5. The average Bonchev–Trinajstić information content (AvgIpc) is 2.46. The lowest BCUT2D eigenvalue weighted by Gasteiger charge is -2.26. The largest absolute Gasteiger partial charge is 0.356 e. The Bertz CT molecular complexity index is 399. The Morgan fingerprint density at radius 3 is 2.33 bits per heavy atom. The standard InChI is InChI=1S/C17H30FN3/c1-5-7-9-21(10-8-6-2)17-15(12-19-14(3)4)11-16(18)13-20-17/h11,13-14,19H,5-10,12H2,1-4H3. The van der Waals surface area contributed by atoms with Gasteiger partial charge in [0.05, 0.1) is 6.20 Å². The number of aromatic nitrogens is 1. The highest BCUT2D eigenvalue weighted by Gasteiger charge is 2.13. The van der Waals surface area contributed by atoms with Crippen molar-refractivity contribution < 1.29 is 4.39 Å². The molecule has 1 aromatic heterocycles. The lowest BCUT2D eigenvalue weighted by Crippen LogP contribution is -2.30. The van der Waals surface area contributed by atoms with Crippen LogP contribution in [0.2, 0.25) is 0 Å². The Kier molecular flexibility index (Phi) is 8.28. The highest BCUT2D eigenvalue weighted by Crippen LogP contribution is 2.20. The van der Waals surface area contributed by atoms with E-state index in [9.17, 15) is 4.39 Å². The first-order valence-corrected chi connectivity index (χ1v) is 8.21. The minimum Gasteiger partial charge on any atom is -0.356 e. The van der Waals surface area contributed by atoms with Gasteiger partial charge in [-0.2, -0.15) is 0 Å². The Labute approximate surface area is 129 Å². The van der Waals surface area contributed by atoms with E-state index in [0.717, 1.165) is 50.2 Å². The fourth-order valence-corrected chi connectivity index (χ4v) is 2.22. The zero-order valence-corrected chi connectivity index (χ0v) is 14.0. The number of nitrogens with zero attached hydrogens (tertiary/aromatic N) is 2. The highest BCUT2D eigenvalue weighted by molar-refractivity contribution is 5.47. The van der Waals surface area contributed by atoms with Gasteiger partial charge in [-0.1, -0.05) is 40.5 Å². The molecule has 1 aromatic rings. The smallest absolute Gasteiger partial charge is 0.141 e. The lowest BCUT2D eigenvalue weighted by molar-refractivity contribution is 0.574. The van der Waals surface area contributed by atoms with E-state index in [-0.39, 0.29) is 5.82 Å². The number of rotatable bonds is 10. The maximum Gasteiger partial charge on any atom is 0.141 e. The van der Waals surface area contributed by atoms with Crippen LogP contribution in [0, 0.1) is 5.82 Å². The summed E-state index contributed by atoms with van der Waals surface area (Å²) in [7, 11) is 0. The molecule has 1 rings (SSSR count). The van der Waals surface area contributed by atoms with Crippen molar-refractivity contribution in [2.24, 2.45) is 0 Å². The van der Waals surface area contributed by atoms with Gasteiger partial charge in [-0.25, -0.2) is 9.37 Å². The van der Waals surface area contributed by atoms with Crippen LogP contribution < -0.4 is 10.2 Å². The predicted molar refractivity (Wildman–Crippen MR) is 88.2 cm³/mol. The molecule has 0 bridgehead atoms. The van der Waals surface area contributed by atoms with Crippen LogP contribution in [0.3, 0.4) is 0 Å². The van der Waals surface area contributed by atoms with E-state index in [4.69, 9.17) is 0 Å². The van der Waals surface area contributed by atoms with Crippen molar-refractivity contribution in [3.05, 3.63) is 23.6 Å². The van der Waals surface area contributed by atoms with Crippen LogP contribution >= 0.6 is 0 Å². The highest BCUT2D eigenvalue weighted by atomic mass is 19.1. The summed E-state index contributed by atoms with van der Waals surface area (Å²) in [6.07, 6.45) is 5.92. The van der Waals surface area contributed by atoms with E-state index < -0.39 is 0 Å². The Morgan fingerprint density at radius 2 is 1.81 bits per heavy atom. The van der Waals surface area contributed by atoms with Crippen LogP contribution in [0.4, 0.5) is 10.2 Å². The van der Waals surface area contributed by atoms with Crippen molar-refractivity contribution in [2.75, 3.05) is 18.0 Å². The van der Waals surface area contributed by atoms with Gasteiger partial charge in [0.1, 0.15) is 11.6 Å². The van der Waals surface area contributed by atoms with Gasteiger partial charge in [-0.3, -0.25) is 0 Å². The van der Waals surface area contributed by atoms with Crippen LogP contribution in [-0.2, 0) is 6.54 Å². The molecule has 4 heteroatoms. The van der Waals surface area contributed by atoms with Gasteiger partial charge in [0.25, 0.3) is 0 Å². The maximum atomic E-state index is 13.5. The van der Waals surface area contributed by atoms with Gasteiger partial charge in [0, 0.05) is 31.2 Å². The lowest BCUT2D eigenvalue weighted by atomic mass is 10.2. The molecular weight excluding hydrogens is 265 g/mol. The van der Waals surface area contributed by atoms with Gasteiger partial charge in [0.2, 0.25) is 0 Å². The number of nitrogens with one attached hydrogen (secondary N) is 1. The molecule has 0 aliphatic rings. The van der Waals surface area contributed by atoms with Crippen molar-refractivity contribution in [3.63, 3.8) is 0 Å². The van der Waals surface area contributed by atoms with Crippen molar-refractivity contribution in [2.45, 2.75) is 66.0 Å². The van der Waals surface area contributed by atoms with E-state index in [0.29, 0.717) is 12.6 Å². The summed E-state index contributed by atoms with van der Waals surface area (Å²) in [4.78, 5) is 6.68. The molecular formula is C17H30FN3. The molecule has 0 amide bonds. The zero-order chi connectivity index (χ0) is 15.7. The normalized spacial score (nSPS) is 11.1. The first-order chi connectivity index (χ1) is 10.1. The molecule has 0 aliphatic heterocycles. The molecule has 0 unspecified atom stereocenters. The van der Waals surface area contributed by atoms with Crippen LogP contribution in [0.15, 0.2) is 12.3 Å². The second-order valence-electron chi connectivity index (χ2n) is 5.87. The maximum absolute atomic E-state index is 13.5. The van der Waals surface area contributed by atoms with Crippen molar-refractivity contribution in [1.82, 2.24) is 10.3 Å². The van der Waals surface area contributed by atoms with Crippen LogP contribution in [0.5, 0.6) is 0 Å². The molecule has 3 nitrogen and oxygen atoms in total. The monoisotopic (exact) mass is 295 g/mol. The fourth-order valence-electron chi connectivity index (χ4n) is 2.22. The molecule has 21 heavy (non-hydrogen) atoms. The number of anilines is 1. The second kappa shape index (κ2) is 9.72. The summed E-state index contributed by atoms with van der Waals surface area (Å²) in [5, 5.41) is 3.36. The van der Waals surface area contributed by atoms with Gasteiger partial charge in [0.15, 0.2) is 0 Å². The molecule has 1 heterocycles. The van der Waals surface area contributed by atoms with Gasteiger partial charge in [-0.05, 0) is 18.9 Å². The summed E-state index contributed by atoms with van der Waals surface area (Å²) in [6, 6.07) is 1.99. The van der Waals surface area contributed by atoms with Crippen LogP contribution in [0.1, 0.15) is 58.9 Å². The third-order valence-electron chi connectivity index (χ3n) is 3.47. The first-order valence-electron chi connectivity index (χ1n) is 8.21. The second-order valence-corrected chi connectivity index (χ2v) is 5.87. The van der Waals surface area contributed by atoms with E-state index in [1.807, 2.05) is 0 Å². The molecule has 0 spiro atoms. The van der Waals surface area contributed by atoms with E-state index in [1.165, 1.54) is 6.20 Å². The van der Waals surface area contributed by atoms with Crippen LogP contribution in [-0.4, -0.2) is 24.1 Å².